The van der Waals surface area contributed by atoms with Crippen LogP contribution in [-0.4, -0.2) is 35.7 Å². The Kier molecular flexibility index (Phi) is 3.25. The molecule has 1 aliphatic carbocycles. The number of nitrogens with one attached hydrogen (secondary N) is 1. The molecule has 5 nitrogen and oxygen atoms in total. The molecule has 120 valence electrons. The van der Waals surface area contributed by atoms with Gasteiger partial charge in [0.25, 0.3) is 0 Å². The van der Waals surface area contributed by atoms with Gasteiger partial charge in [-0.2, -0.15) is 0 Å². The predicted molar refractivity (Wildman–Crippen MR) is 83.5 cm³/mol. The van der Waals surface area contributed by atoms with Crippen LogP contribution in [-0.2, 0) is 20.8 Å². The first-order valence-electron chi connectivity index (χ1n) is 8.30. The zero-order valence-electron chi connectivity index (χ0n) is 13.0. The number of piperidine rings is 1. The van der Waals surface area contributed by atoms with E-state index in [0.29, 0.717) is 32.4 Å². The first-order chi connectivity index (χ1) is 11.1. The topological polar surface area (TPSA) is 66.5 Å². The van der Waals surface area contributed by atoms with E-state index < -0.39 is 5.41 Å². The minimum atomic E-state index is -0.554. The molecular formula is C18H20N2O3. The van der Waals surface area contributed by atoms with Crippen LogP contribution >= 0.6 is 0 Å². The van der Waals surface area contributed by atoms with Crippen molar-refractivity contribution < 1.29 is 14.4 Å². The van der Waals surface area contributed by atoms with Crippen molar-refractivity contribution in [1.29, 1.82) is 0 Å². The third-order valence-electron chi connectivity index (χ3n) is 5.66. The summed E-state index contributed by atoms with van der Waals surface area (Å²) in [6, 6.07) is 8.13. The number of amides is 3. The smallest absolute Gasteiger partial charge is 0.234 e. The number of hydrogen-bond donors (Lipinski definition) is 1. The van der Waals surface area contributed by atoms with Crippen LogP contribution in [0.4, 0.5) is 0 Å². The summed E-state index contributed by atoms with van der Waals surface area (Å²) in [6.07, 6.45) is 3.39. The van der Waals surface area contributed by atoms with Crippen LogP contribution in [0.5, 0.6) is 0 Å². The van der Waals surface area contributed by atoms with Gasteiger partial charge >= 0.3 is 0 Å². The van der Waals surface area contributed by atoms with Gasteiger partial charge in [0.15, 0.2) is 0 Å². The summed E-state index contributed by atoms with van der Waals surface area (Å²) in [6.45, 7) is 1.06. The molecule has 23 heavy (non-hydrogen) atoms. The number of benzene rings is 1. The number of carbonyl (C=O) groups is 3. The van der Waals surface area contributed by atoms with Crippen molar-refractivity contribution in [3.05, 3.63) is 35.4 Å². The molecule has 1 spiro atoms. The average molecular weight is 312 g/mol. The zero-order valence-corrected chi connectivity index (χ0v) is 13.0. The molecule has 1 N–H and O–H groups in total. The summed E-state index contributed by atoms with van der Waals surface area (Å²) in [4.78, 5) is 38.4. The number of fused-ring (bicyclic) bond motifs is 1. The molecule has 0 aromatic heterocycles. The number of hydrogen-bond acceptors (Lipinski definition) is 3. The lowest BCUT2D eigenvalue weighted by Crippen LogP contribution is -2.50. The van der Waals surface area contributed by atoms with Crippen LogP contribution < -0.4 is 5.32 Å². The summed E-state index contributed by atoms with van der Waals surface area (Å²) in [5.41, 5.74) is 1.85. The van der Waals surface area contributed by atoms with E-state index >= 15 is 0 Å². The number of rotatable bonds is 1. The molecule has 2 saturated heterocycles. The molecule has 3 aliphatic rings. The Morgan fingerprint density at radius 3 is 2.83 bits per heavy atom. The lowest BCUT2D eigenvalue weighted by molar-refractivity contribution is -0.141. The Labute approximate surface area is 135 Å². The van der Waals surface area contributed by atoms with Crippen LogP contribution in [0.15, 0.2) is 24.3 Å². The highest BCUT2D eigenvalue weighted by molar-refractivity contribution is 6.01. The van der Waals surface area contributed by atoms with Gasteiger partial charge in [-0.1, -0.05) is 24.3 Å². The Morgan fingerprint density at radius 1 is 1.17 bits per heavy atom. The quantitative estimate of drug-likeness (QED) is 0.797. The molecule has 0 bridgehead atoms. The number of carbonyl (C=O) groups excluding carboxylic acids is 3. The van der Waals surface area contributed by atoms with Gasteiger partial charge in [-0.05, 0) is 36.8 Å². The van der Waals surface area contributed by atoms with Crippen molar-refractivity contribution in [2.75, 3.05) is 13.1 Å². The average Bonchev–Trinajstić information content (AvgIpc) is 3.16. The van der Waals surface area contributed by atoms with E-state index in [0.717, 1.165) is 18.4 Å². The third-order valence-corrected chi connectivity index (χ3v) is 5.66. The maximum atomic E-state index is 12.9. The highest BCUT2D eigenvalue weighted by Crippen LogP contribution is 2.41. The molecule has 1 aromatic rings. The number of likely N-dealkylation sites (tertiary alicyclic amines) is 1. The van der Waals surface area contributed by atoms with E-state index in [-0.39, 0.29) is 23.6 Å². The van der Waals surface area contributed by atoms with E-state index in [9.17, 15) is 14.4 Å². The minimum absolute atomic E-state index is 0.0744. The molecule has 2 atom stereocenters. The monoisotopic (exact) mass is 312 g/mol. The zero-order chi connectivity index (χ0) is 16.0. The third kappa shape index (κ3) is 2.26. The lowest BCUT2D eigenvalue weighted by Gasteiger charge is -2.31. The van der Waals surface area contributed by atoms with Crippen LogP contribution in [0, 0.1) is 5.41 Å². The van der Waals surface area contributed by atoms with Gasteiger partial charge in [-0.25, -0.2) is 0 Å². The van der Waals surface area contributed by atoms with E-state index in [4.69, 9.17) is 0 Å². The number of aryl methyl sites for hydroxylation is 1. The summed E-state index contributed by atoms with van der Waals surface area (Å²) >= 11 is 0. The van der Waals surface area contributed by atoms with Gasteiger partial charge < -0.3 is 4.90 Å². The van der Waals surface area contributed by atoms with Crippen molar-refractivity contribution in [2.24, 2.45) is 5.41 Å². The normalized spacial score (nSPS) is 29.7. The molecule has 2 unspecified atom stereocenters. The number of imide groups is 1. The molecule has 4 rings (SSSR count). The van der Waals surface area contributed by atoms with Crippen LogP contribution in [0.25, 0.3) is 0 Å². The van der Waals surface area contributed by atoms with Crippen molar-refractivity contribution in [3.63, 3.8) is 0 Å². The standard InChI is InChI=1S/C18H20N2O3/c21-15-7-8-18(17(23)19-15)9-10-20(11-18)16(22)14-6-5-12-3-1-2-4-13(12)14/h1-4,14H,5-11H2,(H,19,21,23). The van der Waals surface area contributed by atoms with Crippen molar-refractivity contribution >= 4 is 17.7 Å². The second-order valence-electron chi connectivity index (χ2n) is 6.96. The SMILES string of the molecule is O=C1CCC2(CCN(C(=O)C3CCc4ccccc43)C2)C(=O)N1. The van der Waals surface area contributed by atoms with Crippen molar-refractivity contribution in [3.8, 4) is 0 Å². The van der Waals surface area contributed by atoms with Gasteiger partial charge in [0.1, 0.15) is 0 Å². The largest absolute Gasteiger partial charge is 0.341 e. The molecule has 2 aliphatic heterocycles. The van der Waals surface area contributed by atoms with Crippen LogP contribution in [0.1, 0.15) is 42.7 Å². The number of nitrogens with zero attached hydrogens (tertiary/aromatic N) is 1. The van der Waals surface area contributed by atoms with Crippen molar-refractivity contribution in [1.82, 2.24) is 10.2 Å². The summed E-state index contributed by atoms with van der Waals surface area (Å²) in [5.74, 6) is -0.336. The molecule has 1 aromatic carbocycles. The lowest BCUT2D eigenvalue weighted by atomic mass is 9.79. The Morgan fingerprint density at radius 2 is 2.00 bits per heavy atom. The fraction of sp³-hybridized carbons (Fsp3) is 0.500. The first-order valence-corrected chi connectivity index (χ1v) is 8.30. The molecular weight excluding hydrogens is 292 g/mol. The Balaban J connectivity index is 1.51. The highest BCUT2D eigenvalue weighted by Gasteiger charge is 2.49. The summed E-state index contributed by atoms with van der Waals surface area (Å²) in [5, 5.41) is 2.44. The fourth-order valence-electron chi connectivity index (χ4n) is 4.27. The highest BCUT2D eigenvalue weighted by atomic mass is 16.2. The summed E-state index contributed by atoms with van der Waals surface area (Å²) in [7, 11) is 0. The van der Waals surface area contributed by atoms with Gasteiger partial charge in [-0.3, -0.25) is 19.7 Å². The van der Waals surface area contributed by atoms with E-state index in [1.54, 1.807) is 0 Å². The molecule has 0 radical (unpaired) electrons. The Hall–Kier alpha value is -2.17. The van der Waals surface area contributed by atoms with E-state index in [1.807, 2.05) is 23.1 Å². The van der Waals surface area contributed by atoms with E-state index in [2.05, 4.69) is 11.4 Å². The maximum absolute atomic E-state index is 12.9. The van der Waals surface area contributed by atoms with Gasteiger partial charge in [0.05, 0.1) is 11.3 Å². The van der Waals surface area contributed by atoms with Crippen LogP contribution in [0.2, 0.25) is 0 Å². The molecule has 2 fully saturated rings. The maximum Gasteiger partial charge on any atom is 0.234 e. The van der Waals surface area contributed by atoms with Gasteiger partial charge in [0, 0.05) is 19.5 Å². The second-order valence-corrected chi connectivity index (χ2v) is 6.96. The second kappa shape index (κ2) is 5.18. The Bertz CT molecular complexity index is 699. The van der Waals surface area contributed by atoms with E-state index in [1.165, 1.54) is 5.56 Å². The van der Waals surface area contributed by atoms with Crippen molar-refractivity contribution in [2.45, 2.75) is 38.0 Å². The van der Waals surface area contributed by atoms with Gasteiger partial charge in [0.2, 0.25) is 17.7 Å². The fourth-order valence-corrected chi connectivity index (χ4v) is 4.27. The molecule has 0 saturated carbocycles. The predicted octanol–water partition coefficient (Wildman–Crippen LogP) is 1.37. The molecule has 2 heterocycles. The van der Waals surface area contributed by atoms with Crippen LogP contribution in [0.3, 0.4) is 0 Å². The molecule has 5 heteroatoms. The minimum Gasteiger partial charge on any atom is -0.341 e. The first kappa shape index (κ1) is 14.4. The van der Waals surface area contributed by atoms with Gasteiger partial charge in [-0.15, -0.1) is 0 Å². The molecule has 3 amide bonds. The summed E-state index contributed by atoms with van der Waals surface area (Å²) < 4.78 is 0.